The number of amides is 1. The van der Waals surface area contributed by atoms with Crippen molar-refractivity contribution < 1.29 is 4.79 Å². The number of aromatic nitrogens is 4. The van der Waals surface area contributed by atoms with Crippen LogP contribution in [-0.2, 0) is 0 Å². The fraction of sp³-hybridized carbons (Fsp3) is 0.294. The number of halogens is 1. The van der Waals surface area contributed by atoms with Crippen LogP contribution in [0.15, 0.2) is 40.2 Å². The molecule has 3 heterocycles. The zero-order chi connectivity index (χ0) is 17.4. The average molecular weight is 418 g/mol. The van der Waals surface area contributed by atoms with E-state index in [1.165, 1.54) is 16.1 Å². The van der Waals surface area contributed by atoms with E-state index in [0.717, 1.165) is 39.3 Å². The van der Waals surface area contributed by atoms with Crippen molar-refractivity contribution in [1.29, 1.82) is 0 Å². The Morgan fingerprint density at radius 2 is 2.20 bits per heavy atom. The lowest BCUT2D eigenvalue weighted by molar-refractivity contribution is 0.0734. The predicted octanol–water partition coefficient (Wildman–Crippen LogP) is 3.77. The highest BCUT2D eigenvalue weighted by atomic mass is 79.9. The number of carbonyl (C=O) groups excluding carboxylic acids is 1. The first-order valence-electron chi connectivity index (χ1n) is 8.05. The third-order valence-electron chi connectivity index (χ3n) is 4.26. The number of rotatable bonds is 3. The second-order valence-corrected chi connectivity index (χ2v) is 8.50. The van der Waals surface area contributed by atoms with Crippen molar-refractivity contribution in [1.82, 2.24) is 25.1 Å². The highest BCUT2D eigenvalue weighted by Gasteiger charge is 2.34. The lowest BCUT2D eigenvalue weighted by Crippen LogP contribution is -2.30. The van der Waals surface area contributed by atoms with Crippen LogP contribution in [0.25, 0.3) is 5.69 Å². The molecule has 4 rings (SSSR count). The second-order valence-electron chi connectivity index (χ2n) is 6.04. The van der Waals surface area contributed by atoms with Gasteiger partial charge in [-0.15, -0.1) is 26.3 Å². The molecule has 8 heteroatoms. The van der Waals surface area contributed by atoms with Crippen molar-refractivity contribution in [2.45, 2.75) is 25.8 Å². The van der Waals surface area contributed by atoms with Crippen molar-refractivity contribution in [3.05, 3.63) is 56.4 Å². The van der Waals surface area contributed by atoms with Crippen molar-refractivity contribution >= 4 is 33.2 Å². The van der Waals surface area contributed by atoms with Gasteiger partial charge in [-0.1, -0.05) is 12.1 Å². The number of thiophene rings is 1. The molecule has 2 aromatic heterocycles. The highest BCUT2D eigenvalue weighted by Crippen LogP contribution is 2.33. The maximum absolute atomic E-state index is 12.8. The summed E-state index contributed by atoms with van der Waals surface area (Å²) < 4.78 is 0.954. The van der Waals surface area contributed by atoms with Gasteiger partial charge in [0.25, 0.3) is 5.91 Å². The third kappa shape index (κ3) is 3.23. The van der Waals surface area contributed by atoms with Crippen LogP contribution in [-0.4, -0.2) is 37.6 Å². The molecular formula is C17H16BrN5OS. The van der Waals surface area contributed by atoms with Crippen LogP contribution in [0.3, 0.4) is 0 Å². The second kappa shape index (κ2) is 6.68. The maximum atomic E-state index is 12.8. The molecular weight excluding hydrogens is 402 g/mol. The Kier molecular flexibility index (Phi) is 4.39. The van der Waals surface area contributed by atoms with E-state index in [1.807, 2.05) is 48.2 Å². The molecule has 25 heavy (non-hydrogen) atoms. The molecule has 128 valence electrons. The molecule has 6 nitrogen and oxygen atoms in total. The van der Waals surface area contributed by atoms with Gasteiger partial charge >= 0.3 is 0 Å². The number of hydrogen-bond acceptors (Lipinski definition) is 5. The Morgan fingerprint density at radius 3 is 2.96 bits per heavy atom. The summed E-state index contributed by atoms with van der Waals surface area (Å²) in [7, 11) is 0. The molecule has 0 bridgehead atoms. The van der Waals surface area contributed by atoms with Gasteiger partial charge in [0.05, 0.1) is 20.4 Å². The molecule has 1 aliphatic heterocycles. The van der Waals surface area contributed by atoms with Gasteiger partial charge in [0.15, 0.2) is 5.82 Å². The summed E-state index contributed by atoms with van der Waals surface area (Å²) in [5.41, 5.74) is 2.01. The number of aryl methyl sites for hydroxylation is 1. The first-order chi connectivity index (χ1) is 12.1. The molecule has 1 aliphatic rings. The molecule has 3 aromatic rings. The Morgan fingerprint density at radius 1 is 1.32 bits per heavy atom. The van der Waals surface area contributed by atoms with Crippen molar-refractivity contribution in [3.8, 4) is 5.69 Å². The Labute approximate surface area is 157 Å². The van der Waals surface area contributed by atoms with Gasteiger partial charge in [0.1, 0.15) is 0 Å². The predicted molar refractivity (Wildman–Crippen MR) is 98.9 cm³/mol. The van der Waals surface area contributed by atoms with Gasteiger partial charge in [-0.05, 0) is 70.7 Å². The van der Waals surface area contributed by atoms with E-state index in [4.69, 9.17) is 0 Å². The lowest BCUT2D eigenvalue weighted by atomic mass is 10.2. The average Bonchev–Trinajstić information content (AvgIpc) is 3.34. The number of hydrogen-bond donors (Lipinski definition) is 0. The Balaban J connectivity index is 1.60. The van der Waals surface area contributed by atoms with Gasteiger partial charge in [-0.25, -0.2) is 0 Å². The van der Waals surface area contributed by atoms with Crippen molar-refractivity contribution in [3.63, 3.8) is 0 Å². The monoisotopic (exact) mass is 417 g/mol. The summed E-state index contributed by atoms with van der Waals surface area (Å²) in [5, 5.41) is 12.9. The zero-order valence-corrected chi connectivity index (χ0v) is 16.0. The standard InChI is InChI=1S/C17H16BrN5OS/c1-11-4-2-5-12(10-11)23-20-16(19-21-23)13-6-3-9-22(13)17(24)14-7-8-15(18)25-14/h2,4-5,7-8,10,13H,3,6,9H2,1H3. The van der Waals surface area contributed by atoms with E-state index in [9.17, 15) is 4.79 Å². The van der Waals surface area contributed by atoms with E-state index in [0.29, 0.717) is 5.82 Å². The molecule has 1 saturated heterocycles. The summed E-state index contributed by atoms with van der Waals surface area (Å²) >= 11 is 4.86. The van der Waals surface area contributed by atoms with Crippen LogP contribution in [0, 0.1) is 6.92 Å². The molecule has 0 saturated carbocycles. The van der Waals surface area contributed by atoms with Gasteiger partial charge < -0.3 is 4.90 Å². The number of likely N-dealkylation sites (tertiary alicyclic amines) is 1. The van der Waals surface area contributed by atoms with E-state index in [2.05, 4.69) is 31.3 Å². The largest absolute Gasteiger partial charge is 0.328 e. The summed E-state index contributed by atoms with van der Waals surface area (Å²) in [4.78, 5) is 16.9. The summed E-state index contributed by atoms with van der Waals surface area (Å²) in [6.07, 6.45) is 1.81. The van der Waals surface area contributed by atoms with E-state index in [-0.39, 0.29) is 11.9 Å². The molecule has 1 atom stereocenters. The van der Waals surface area contributed by atoms with E-state index >= 15 is 0 Å². The van der Waals surface area contributed by atoms with Crippen LogP contribution in [0.1, 0.15) is 39.9 Å². The zero-order valence-electron chi connectivity index (χ0n) is 13.6. The summed E-state index contributed by atoms with van der Waals surface area (Å²) in [5.74, 6) is 0.632. The Bertz CT molecular complexity index is 921. The quantitative estimate of drug-likeness (QED) is 0.650. The minimum atomic E-state index is -0.119. The van der Waals surface area contributed by atoms with Gasteiger partial charge in [0, 0.05) is 6.54 Å². The Hall–Kier alpha value is -2.06. The van der Waals surface area contributed by atoms with Gasteiger partial charge in [0.2, 0.25) is 0 Å². The minimum Gasteiger partial charge on any atom is -0.328 e. The number of benzene rings is 1. The van der Waals surface area contributed by atoms with E-state index in [1.54, 1.807) is 0 Å². The summed E-state index contributed by atoms with van der Waals surface area (Å²) in [6, 6.07) is 11.6. The molecule has 1 unspecified atom stereocenters. The minimum absolute atomic E-state index is 0.0325. The number of nitrogens with zero attached hydrogens (tertiary/aromatic N) is 5. The topological polar surface area (TPSA) is 63.9 Å². The SMILES string of the molecule is Cc1cccc(-n2nnc(C3CCCN3C(=O)c3ccc(Br)s3)n2)c1. The van der Waals surface area contributed by atoms with Gasteiger partial charge in [-0.2, -0.15) is 0 Å². The molecule has 1 fully saturated rings. The van der Waals surface area contributed by atoms with Crippen LogP contribution in [0.4, 0.5) is 0 Å². The number of carbonyl (C=O) groups is 1. The van der Waals surface area contributed by atoms with Crippen molar-refractivity contribution in [2.24, 2.45) is 0 Å². The highest BCUT2D eigenvalue weighted by molar-refractivity contribution is 9.11. The van der Waals surface area contributed by atoms with Crippen LogP contribution < -0.4 is 0 Å². The molecule has 1 aromatic carbocycles. The maximum Gasteiger partial charge on any atom is 0.264 e. The van der Waals surface area contributed by atoms with Crippen LogP contribution in [0.5, 0.6) is 0 Å². The fourth-order valence-electron chi connectivity index (χ4n) is 3.07. The smallest absolute Gasteiger partial charge is 0.264 e. The first-order valence-corrected chi connectivity index (χ1v) is 9.66. The van der Waals surface area contributed by atoms with Crippen molar-refractivity contribution in [2.75, 3.05) is 6.54 Å². The molecule has 0 spiro atoms. The normalized spacial score (nSPS) is 17.2. The van der Waals surface area contributed by atoms with Crippen LogP contribution in [0.2, 0.25) is 0 Å². The van der Waals surface area contributed by atoms with Gasteiger partial charge in [-0.3, -0.25) is 4.79 Å². The summed E-state index contributed by atoms with van der Waals surface area (Å²) in [6.45, 7) is 2.75. The fourth-order valence-corrected chi connectivity index (χ4v) is 4.41. The molecule has 0 aliphatic carbocycles. The molecule has 1 amide bonds. The van der Waals surface area contributed by atoms with E-state index < -0.39 is 0 Å². The molecule has 0 N–H and O–H groups in total. The number of tetrazole rings is 1. The third-order valence-corrected chi connectivity index (χ3v) is 5.87. The lowest BCUT2D eigenvalue weighted by Gasteiger charge is -2.21. The first kappa shape index (κ1) is 16.4. The van der Waals surface area contributed by atoms with Crippen LogP contribution >= 0.6 is 27.3 Å². The molecule has 0 radical (unpaired) electrons.